The monoisotopic (exact) mass is 342 g/mol. The van der Waals surface area contributed by atoms with Gasteiger partial charge < -0.3 is 10.2 Å². The average Bonchev–Trinajstić information content (AvgIpc) is 2.93. The van der Waals surface area contributed by atoms with Crippen LogP contribution < -0.4 is 10.5 Å². The second-order valence-electron chi connectivity index (χ2n) is 5.03. The molecule has 3 N–H and O–H groups in total. The van der Waals surface area contributed by atoms with Crippen molar-refractivity contribution in [2.75, 3.05) is 4.72 Å². The summed E-state index contributed by atoms with van der Waals surface area (Å²) in [6.07, 6.45) is 1.45. The number of sulfonamides is 1. The number of benzene rings is 2. The molecule has 3 aromatic rings. The molecule has 0 spiro atoms. The molecule has 0 aliphatic carbocycles. The normalized spacial score (nSPS) is 11.8. The van der Waals surface area contributed by atoms with Crippen LogP contribution in [0, 0.1) is 0 Å². The number of hydrogen-bond donors (Lipinski definition) is 2. The lowest BCUT2D eigenvalue weighted by Gasteiger charge is -2.04. The van der Waals surface area contributed by atoms with Gasteiger partial charge in [-0.05, 0) is 23.8 Å². The van der Waals surface area contributed by atoms with Gasteiger partial charge in [-0.2, -0.15) is 0 Å². The lowest BCUT2D eigenvalue weighted by Crippen LogP contribution is -2.15. The molecule has 0 bridgehead atoms. The molecule has 2 aromatic carbocycles. The fourth-order valence-electron chi connectivity index (χ4n) is 2.23. The van der Waals surface area contributed by atoms with Gasteiger partial charge in [0.2, 0.25) is 5.76 Å². The number of nitrogens with two attached hydrogens (primary N) is 1. The van der Waals surface area contributed by atoms with E-state index in [2.05, 4.69) is 4.72 Å². The summed E-state index contributed by atoms with van der Waals surface area (Å²) in [6.45, 7) is 0. The SMILES string of the molecule is NC(=O)c1oc2ccccc2c1NS(=O)(=O)/C=C\c1ccccc1. The van der Waals surface area contributed by atoms with Gasteiger partial charge in [-0.25, -0.2) is 8.42 Å². The molecule has 7 heteroatoms. The smallest absolute Gasteiger partial charge is 0.286 e. The molecular weight excluding hydrogens is 328 g/mol. The van der Waals surface area contributed by atoms with Crippen LogP contribution in [-0.2, 0) is 10.0 Å². The highest BCUT2D eigenvalue weighted by molar-refractivity contribution is 7.95. The predicted molar refractivity (Wildman–Crippen MR) is 92.8 cm³/mol. The van der Waals surface area contributed by atoms with E-state index in [0.717, 1.165) is 11.0 Å². The lowest BCUT2D eigenvalue weighted by molar-refractivity contribution is 0.0977. The molecule has 0 aliphatic heterocycles. The predicted octanol–water partition coefficient (Wildman–Crippen LogP) is 2.94. The Morgan fingerprint density at radius 2 is 1.71 bits per heavy atom. The minimum absolute atomic E-state index is 0.0378. The molecule has 0 aliphatic rings. The number of primary amides is 1. The molecule has 122 valence electrons. The Morgan fingerprint density at radius 3 is 2.42 bits per heavy atom. The van der Waals surface area contributed by atoms with Crippen molar-refractivity contribution in [2.45, 2.75) is 0 Å². The maximum absolute atomic E-state index is 12.3. The minimum atomic E-state index is -3.85. The molecule has 3 rings (SSSR count). The first kappa shape index (κ1) is 15.8. The van der Waals surface area contributed by atoms with E-state index in [1.165, 1.54) is 6.08 Å². The number of para-hydroxylation sites is 1. The van der Waals surface area contributed by atoms with Crippen molar-refractivity contribution in [3.8, 4) is 0 Å². The Bertz CT molecular complexity index is 1020. The van der Waals surface area contributed by atoms with Crippen LogP contribution in [0.15, 0.2) is 64.4 Å². The van der Waals surface area contributed by atoms with E-state index in [-0.39, 0.29) is 11.4 Å². The van der Waals surface area contributed by atoms with Crippen molar-refractivity contribution in [1.82, 2.24) is 0 Å². The van der Waals surface area contributed by atoms with E-state index in [1.807, 2.05) is 6.07 Å². The Balaban J connectivity index is 1.98. The third kappa shape index (κ3) is 3.31. The number of rotatable bonds is 5. The van der Waals surface area contributed by atoms with Crippen LogP contribution in [0.5, 0.6) is 0 Å². The molecule has 6 nitrogen and oxygen atoms in total. The summed E-state index contributed by atoms with van der Waals surface area (Å²) in [7, 11) is -3.85. The average molecular weight is 342 g/mol. The molecule has 0 saturated carbocycles. The number of anilines is 1. The van der Waals surface area contributed by atoms with Gasteiger partial charge in [0.15, 0.2) is 0 Å². The standard InChI is InChI=1S/C17H14N2O4S/c18-17(20)16-15(13-8-4-5-9-14(13)23-16)19-24(21,22)11-10-12-6-2-1-3-7-12/h1-11,19H,(H2,18,20)/b11-10-. The maximum Gasteiger partial charge on any atom is 0.286 e. The molecule has 1 heterocycles. The third-order valence-electron chi connectivity index (χ3n) is 3.30. The molecular formula is C17H14N2O4S. The zero-order valence-corrected chi connectivity index (χ0v) is 13.3. The fraction of sp³-hybridized carbons (Fsp3) is 0. The van der Waals surface area contributed by atoms with E-state index in [1.54, 1.807) is 48.5 Å². The van der Waals surface area contributed by atoms with Gasteiger partial charge in [0.1, 0.15) is 11.3 Å². The number of carbonyl (C=O) groups is 1. The largest absolute Gasteiger partial charge is 0.449 e. The van der Waals surface area contributed by atoms with Crippen LogP contribution >= 0.6 is 0 Å². The Hall–Kier alpha value is -3.06. The van der Waals surface area contributed by atoms with E-state index < -0.39 is 15.9 Å². The summed E-state index contributed by atoms with van der Waals surface area (Å²) in [5, 5.41) is 1.48. The van der Waals surface area contributed by atoms with Gasteiger partial charge in [0.05, 0.1) is 5.41 Å². The molecule has 0 atom stereocenters. The van der Waals surface area contributed by atoms with E-state index in [9.17, 15) is 13.2 Å². The van der Waals surface area contributed by atoms with Crippen LogP contribution in [-0.4, -0.2) is 14.3 Å². The number of furan rings is 1. The quantitative estimate of drug-likeness (QED) is 0.744. The summed E-state index contributed by atoms with van der Waals surface area (Å²) in [5.74, 6) is -1.08. The van der Waals surface area contributed by atoms with Gasteiger partial charge in [-0.1, -0.05) is 42.5 Å². The second-order valence-corrected chi connectivity index (χ2v) is 6.59. The summed E-state index contributed by atoms with van der Waals surface area (Å²) in [4.78, 5) is 11.5. The van der Waals surface area contributed by atoms with E-state index in [0.29, 0.717) is 11.0 Å². The van der Waals surface area contributed by atoms with Crippen molar-refractivity contribution in [1.29, 1.82) is 0 Å². The van der Waals surface area contributed by atoms with Crippen LogP contribution in [0.3, 0.4) is 0 Å². The first-order valence-electron chi connectivity index (χ1n) is 7.03. The van der Waals surface area contributed by atoms with Crippen molar-refractivity contribution in [3.05, 3.63) is 71.3 Å². The Labute approximate surface area is 138 Å². The van der Waals surface area contributed by atoms with Gasteiger partial charge in [-0.15, -0.1) is 0 Å². The number of fused-ring (bicyclic) bond motifs is 1. The van der Waals surface area contributed by atoms with Crippen LogP contribution in [0.4, 0.5) is 5.69 Å². The van der Waals surface area contributed by atoms with Gasteiger partial charge >= 0.3 is 0 Å². The zero-order chi connectivity index (χ0) is 17.2. The van der Waals surface area contributed by atoms with Crippen LogP contribution in [0.1, 0.15) is 16.1 Å². The molecule has 1 aromatic heterocycles. The Morgan fingerprint density at radius 1 is 1.04 bits per heavy atom. The highest BCUT2D eigenvalue weighted by atomic mass is 32.2. The molecule has 0 unspecified atom stereocenters. The van der Waals surface area contributed by atoms with Gasteiger partial charge in [-0.3, -0.25) is 9.52 Å². The first-order valence-corrected chi connectivity index (χ1v) is 8.58. The maximum atomic E-state index is 12.3. The van der Waals surface area contributed by atoms with E-state index >= 15 is 0 Å². The lowest BCUT2D eigenvalue weighted by atomic mass is 10.2. The number of carbonyl (C=O) groups excluding carboxylic acids is 1. The molecule has 1 amide bonds. The minimum Gasteiger partial charge on any atom is -0.449 e. The van der Waals surface area contributed by atoms with Crippen LogP contribution in [0.2, 0.25) is 0 Å². The molecule has 0 fully saturated rings. The summed E-state index contributed by atoms with van der Waals surface area (Å²) in [6, 6.07) is 15.7. The molecule has 24 heavy (non-hydrogen) atoms. The molecule has 0 saturated heterocycles. The summed E-state index contributed by atoms with van der Waals surface area (Å²) in [5.41, 5.74) is 6.42. The molecule has 0 radical (unpaired) electrons. The second kappa shape index (κ2) is 6.21. The van der Waals surface area contributed by atoms with Crippen molar-refractivity contribution >= 4 is 38.7 Å². The van der Waals surface area contributed by atoms with E-state index in [4.69, 9.17) is 10.2 Å². The van der Waals surface area contributed by atoms with Gasteiger partial charge in [0.25, 0.3) is 15.9 Å². The van der Waals surface area contributed by atoms with Gasteiger partial charge in [0, 0.05) is 5.39 Å². The highest BCUT2D eigenvalue weighted by Gasteiger charge is 2.21. The topological polar surface area (TPSA) is 102 Å². The van der Waals surface area contributed by atoms with Crippen molar-refractivity contribution in [3.63, 3.8) is 0 Å². The highest BCUT2D eigenvalue weighted by Crippen LogP contribution is 2.31. The van der Waals surface area contributed by atoms with Crippen molar-refractivity contribution < 1.29 is 17.6 Å². The Kier molecular flexibility index (Phi) is 4.09. The first-order chi connectivity index (χ1) is 11.5. The fourth-order valence-corrected chi connectivity index (χ4v) is 3.12. The number of amides is 1. The third-order valence-corrected chi connectivity index (χ3v) is 4.29. The summed E-state index contributed by atoms with van der Waals surface area (Å²) >= 11 is 0. The van der Waals surface area contributed by atoms with Crippen molar-refractivity contribution in [2.24, 2.45) is 5.73 Å². The zero-order valence-electron chi connectivity index (χ0n) is 12.5. The van der Waals surface area contributed by atoms with Crippen LogP contribution in [0.25, 0.3) is 17.0 Å². The summed E-state index contributed by atoms with van der Waals surface area (Å²) < 4.78 is 32.3. The number of nitrogens with one attached hydrogen (secondary N) is 1. The number of hydrogen-bond acceptors (Lipinski definition) is 4.